The van der Waals surface area contributed by atoms with Crippen molar-refractivity contribution in [1.29, 1.82) is 0 Å². The van der Waals surface area contributed by atoms with Gasteiger partial charge in [0.1, 0.15) is 6.61 Å². The Bertz CT molecular complexity index is 941. The monoisotopic (exact) mass is 448 g/mol. The summed E-state index contributed by atoms with van der Waals surface area (Å²) in [4.78, 5) is 25.3. The van der Waals surface area contributed by atoms with Gasteiger partial charge >= 0.3 is 0 Å². The summed E-state index contributed by atoms with van der Waals surface area (Å²) < 4.78 is 35.9. The fourth-order valence-corrected chi connectivity index (χ4v) is 8.14. The number of carbonyl (C=O) groups excluding carboxylic acids is 2. The van der Waals surface area contributed by atoms with E-state index in [4.69, 9.17) is 14.2 Å². The molecule has 5 aliphatic rings. The zero-order valence-corrected chi connectivity index (χ0v) is 19.4. The molecule has 0 spiro atoms. The molecule has 0 bridgehead atoms. The van der Waals surface area contributed by atoms with Crippen molar-refractivity contribution in [2.24, 2.45) is 22.7 Å². The van der Waals surface area contributed by atoms with Crippen LogP contribution in [0.15, 0.2) is 23.8 Å². The third-order valence-electron chi connectivity index (χ3n) is 9.45. The Kier molecular flexibility index (Phi) is 4.61. The minimum Gasteiger partial charge on any atom is -0.388 e. The highest BCUT2D eigenvalue weighted by atomic mass is 19.1. The van der Waals surface area contributed by atoms with E-state index in [1.165, 1.54) is 13.2 Å². The molecule has 0 aromatic heterocycles. The number of rotatable bonds is 3. The van der Waals surface area contributed by atoms with E-state index < -0.39 is 58.4 Å². The highest BCUT2D eigenvalue weighted by molar-refractivity contribution is 6.01. The molecule has 0 aromatic rings. The molecule has 3 saturated carbocycles. The molecule has 8 atom stereocenters. The third-order valence-corrected chi connectivity index (χ3v) is 9.45. The summed E-state index contributed by atoms with van der Waals surface area (Å²) in [5, 5.41) is 9.90. The maximum Gasteiger partial charge on any atom is 0.193 e. The lowest BCUT2D eigenvalue weighted by Gasteiger charge is -2.63. The number of aliphatic hydroxyl groups is 1. The van der Waals surface area contributed by atoms with E-state index in [0.29, 0.717) is 19.3 Å². The second-order valence-electron chi connectivity index (χ2n) is 11.1. The van der Waals surface area contributed by atoms with Crippen LogP contribution in [0.2, 0.25) is 0 Å². The van der Waals surface area contributed by atoms with Crippen LogP contribution >= 0.6 is 0 Å². The molecule has 1 aliphatic heterocycles. The average Bonchev–Trinajstić information content (AvgIpc) is 3.14. The zero-order chi connectivity index (χ0) is 23.3. The number of aliphatic hydroxyl groups excluding tert-OH is 1. The number of hydrogen-bond acceptors (Lipinski definition) is 6. The topological polar surface area (TPSA) is 82.1 Å². The number of hydrogen-bond donors (Lipinski definition) is 1. The van der Waals surface area contributed by atoms with Gasteiger partial charge in [0, 0.05) is 23.9 Å². The summed E-state index contributed by atoms with van der Waals surface area (Å²) in [5.74, 6) is -2.10. The van der Waals surface area contributed by atoms with Crippen molar-refractivity contribution in [3.05, 3.63) is 23.8 Å². The maximum absolute atomic E-state index is 17.5. The van der Waals surface area contributed by atoms with E-state index in [-0.39, 0.29) is 18.1 Å². The number of fused-ring (bicyclic) bond motifs is 7. The zero-order valence-electron chi connectivity index (χ0n) is 19.4. The van der Waals surface area contributed by atoms with E-state index >= 15 is 4.39 Å². The van der Waals surface area contributed by atoms with Gasteiger partial charge in [0.05, 0.1) is 12.2 Å². The van der Waals surface area contributed by atoms with Gasteiger partial charge in [0.15, 0.2) is 28.6 Å². The lowest BCUT2D eigenvalue weighted by Crippen LogP contribution is -2.70. The van der Waals surface area contributed by atoms with Crippen molar-refractivity contribution in [3.8, 4) is 0 Å². The summed E-state index contributed by atoms with van der Waals surface area (Å²) in [6, 6.07) is 0. The van der Waals surface area contributed by atoms with Gasteiger partial charge in [-0.15, -0.1) is 0 Å². The predicted octanol–water partition coefficient (Wildman–Crippen LogP) is 3.07. The minimum atomic E-state index is -1.75. The molecule has 7 heteroatoms. The van der Waals surface area contributed by atoms with Crippen molar-refractivity contribution in [3.63, 3.8) is 0 Å². The summed E-state index contributed by atoms with van der Waals surface area (Å²) in [6.45, 7) is 6.74. The summed E-state index contributed by atoms with van der Waals surface area (Å²) in [5.41, 5.74) is -4.01. The summed E-state index contributed by atoms with van der Waals surface area (Å²) in [6.07, 6.45) is 5.30. The number of ether oxygens (including phenoxy) is 3. The van der Waals surface area contributed by atoms with Crippen LogP contribution < -0.4 is 0 Å². The molecule has 4 aliphatic carbocycles. The molecule has 6 nitrogen and oxygen atoms in total. The Labute approximate surface area is 188 Å². The highest BCUT2D eigenvalue weighted by Crippen LogP contribution is 2.72. The number of carbonyl (C=O) groups is 2. The molecule has 176 valence electrons. The third kappa shape index (κ3) is 2.38. The molecule has 32 heavy (non-hydrogen) atoms. The van der Waals surface area contributed by atoms with E-state index in [1.54, 1.807) is 26.0 Å². The van der Waals surface area contributed by atoms with Crippen LogP contribution in [0, 0.1) is 22.7 Å². The summed E-state index contributed by atoms with van der Waals surface area (Å²) >= 11 is 0. The molecule has 1 saturated heterocycles. The first-order valence-corrected chi connectivity index (χ1v) is 11.6. The normalized spacial score (nSPS) is 50.8. The number of halogens is 1. The van der Waals surface area contributed by atoms with Gasteiger partial charge in [-0.2, -0.15) is 0 Å². The molecular formula is C25H33FO6. The molecule has 4 fully saturated rings. The van der Waals surface area contributed by atoms with Gasteiger partial charge in [0.25, 0.3) is 0 Å². The van der Waals surface area contributed by atoms with Crippen molar-refractivity contribution in [2.45, 2.75) is 82.6 Å². The second kappa shape index (κ2) is 6.59. The number of allylic oxidation sites excluding steroid dienone is 4. The fourth-order valence-electron chi connectivity index (χ4n) is 8.14. The van der Waals surface area contributed by atoms with E-state index in [1.807, 2.05) is 13.8 Å². The van der Waals surface area contributed by atoms with Crippen LogP contribution in [0.25, 0.3) is 0 Å². The molecule has 0 aromatic carbocycles. The quantitative estimate of drug-likeness (QED) is 0.715. The molecule has 0 unspecified atom stereocenters. The van der Waals surface area contributed by atoms with Gasteiger partial charge < -0.3 is 19.3 Å². The van der Waals surface area contributed by atoms with Crippen LogP contribution in [-0.2, 0) is 23.8 Å². The minimum absolute atomic E-state index is 0.110. The Morgan fingerprint density at radius 3 is 2.66 bits per heavy atom. The van der Waals surface area contributed by atoms with Crippen molar-refractivity contribution < 1.29 is 33.3 Å². The van der Waals surface area contributed by atoms with Gasteiger partial charge in [-0.3, -0.25) is 9.59 Å². The molecule has 0 amide bonds. The maximum atomic E-state index is 17.5. The average molecular weight is 449 g/mol. The highest BCUT2D eigenvalue weighted by Gasteiger charge is 2.80. The van der Waals surface area contributed by atoms with Gasteiger partial charge in [0.2, 0.25) is 0 Å². The van der Waals surface area contributed by atoms with Crippen LogP contribution in [0.5, 0.6) is 0 Å². The SMILES string of the molecule is CO[C@H]1C[C@@]2(C)[C@@H](C[C@H]3OC(C)(C)O[C@]32C(=O)CO)[C@@H]2CCC3=CC(=O)C=C[C@]3(C)[C@@]12F. The molecule has 5 rings (SSSR count). The number of Topliss-reactive ketones (excluding diaryl/α,β-unsaturated/α-hetero) is 1. The number of ketones is 2. The van der Waals surface area contributed by atoms with Crippen LogP contribution in [0.1, 0.15) is 53.4 Å². The standard InChI is InChI=1S/C25H33FO6/c1-21(2)31-19-11-17-16-7-6-14-10-15(28)8-9-22(14,3)24(16,26)20(30-5)12-23(17,4)25(19,32-21)18(29)13-27/h8-10,16-17,19-20,27H,6-7,11-13H2,1-5H3/t16-,17-,19+,20-,22-,23-,24-,25+/m0/s1. The van der Waals surface area contributed by atoms with E-state index in [0.717, 1.165) is 5.57 Å². The molecule has 1 N–H and O–H groups in total. The van der Waals surface area contributed by atoms with E-state index in [2.05, 4.69) is 0 Å². The fraction of sp³-hybridized carbons (Fsp3) is 0.760. The Morgan fingerprint density at radius 2 is 2.00 bits per heavy atom. The van der Waals surface area contributed by atoms with Crippen molar-refractivity contribution in [2.75, 3.05) is 13.7 Å². The van der Waals surface area contributed by atoms with Crippen molar-refractivity contribution in [1.82, 2.24) is 0 Å². The number of methoxy groups -OCH3 is 1. The Morgan fingerprint density at radius 1 is 1.28 bits per heavy atom. The largest absolute Gasteiger partial charge is 0.388 e. The lowest BCUT2D eigenvalue weighted by atomic mass is 9.44. The second-order valence-corrected chi connectivity index (χ2v) is 11.1. The van der Waals surface area contributed by atoms with E-state index in [9.17, 15) is 14.7 Å². The molecule has 1 heterocycles. The van der Waals surface area contributed by atoms with Crippen LogP contribution in [-0.4, -0.2) is 59.7 Å². The lowest BCUT2D eigenvalue weighted by molar-refractivity contribution is -0.250. The van der Waals surface area contributed by atoms with Gasteiger partial charge in [-0.25, -0.2) is 4.39 Å². The first-order valence-electron chi connectivity index (χ1n) is 11.6. The number of alkyl halides is 1. The molecular weight excluding hydrogens is 415 g/mol. The first kappa shape index (κ1) is 22.4. The van der Waals surface area contributed by atoms with Crippen LogP contribution in [0.4, 0.5) is 4.39 Å². The summed E-state index contributed by atoms with van der Waals surface area (Å²) in [7, 11) is 1.51. The molecule has 0 radical (unpaired) electrons. The first-order chi connectivity index (χ1) is 14.9. The van der Waals surface area contributed by atoms with Crippen molar-refractivity contribution >= 4 is 11.6 Å². The van der Waals surface area contributed by atoms with Gasteiger partial charge in [-0.1, -0.05) is 18.6 Å². The Hall–Kier alpha value is -1.41. The predicted molar refractivity (Wildman–Crippen MR) is 113 cm³/mol. The van der Waals surface area contributed by atoms with Crippen LogP contribution in [0.3, 0.4) is 0 Å². The van der Waals surface area contributed by atoms with Gasteiger partial charge in [-0.05, 0) is 64.5 Å². The smallest absolute Gasteiger partial charge is 0.193 e. The Balaban J connectivity index is 1.66.